The Labute approximate surface area is 260 Å². The predicted octanol–water partition coefficient (Wildman–Crippen LogP) is 7.14. The van der Waals surface area contributed by atoms with Crippen molar-refractivity contribution in [1.29, 1.82) is 0 Å². The molecule has 6 nitrogen and oxygen atoms in total. The van der Waals surface area contributed by atoms with Crippen molar-refractivity contribution in [3.8, 4) is 22.8 Å². The van der Waals surface area contributed by atoms with E-state index in [0.29, 0.717) is 17.9 Å². The molecule has 0 N–H and O–H groups in total. The summed E-state index contributed by atoms with van der Waals surface area (Å²) in [5.41, 5.74) is 6.26. The van der Waals surface area contributed by atoms with E-state index >= 15 is 0 Å². The number of hydrogen-bond donors (Lipinski definition) is 0. The summed E-state index contributed by atoms with van der Waals surface area (Å²) in [6, 6.07) is 35.2. The molecule has 5 aromatic rings. The fraction of sp³-hybridized carbons (Fsp3) is 0.342. The first-order valence-corrected chi connectivity index (χ1v) is 15.8. The van der Waals surface area contributed by atoms with Gasteiger partial charge in [-0.3, -0.25) is 14.5 Å². The van der Waals surface area contributed by atoms with Crippen LogP contribution in [-0.2, 0) is 20.1 Å². The van der Waals surface area contributed by atoms with E-state index in [-0.39, 0.29) is 0 Å². The Kier molecular flexibility index (Phi) is 8.11. The summed E-state index contributed by atoms with van der Waals surface area (Å²) in [7, 11) is 5.57. The number of rotatable bonds is 10. The van der Waals surface area contributed by atoms with Crippen molar-refractivity contribution in [2.45, 2.75) is 37.9 Å². The van der Waals surface area contributed by atoms with Crippen LogP contribution in [-0.4, -0.2) is 59.5 Å². The van der Waals surface area contributed by atoms with Gasteiger partial charge in [0.25, 0.3) is 0 Å². The van der Waals surface area contributed by atoms with Gasteiger partial charge >= 0.3 is 0 Å². The van der Waals surface area contributed by atoms with Crippen LogP contribution in [0.15, 0.2) is 97.1 Å². The van der Waals surface area contributed by atoms with Crippen LogP contribution in [0, 0.1) is 5.92 Å². The van der Waals surface area contributed by atoms with Gasteiger partial charge in [0.05, 0.1) is 19.9 Å². The average molecular weight is 587 g/mol. The van der Waals surface area contributed by atoms with Crippen molar-refractivity contribution in [2.24, 2.45) is 13.0 Å². The smallest absolute Gasteiger partial charge is 0.118 e. The molecule has 1 aromatic heterocycles. The molecule has 3 aliphatic rings. The SMILES string of the molecule is COc1ccc(CN(Cc2ccc(OC)cc2)C[C@H]2C[C@@H]3CCN2C[C@@H]3c2cc(-c3ccc4ccccc4c3)nn2C)cc1. The summed E-state index contributed by atoms with van der Waals surface area (Å²) in [6.07, 6.45) is 2.48. The van der Waals surface area contributed by atoms with Gasteiger partial charge in [0.15, 0.2) is 0 Å². The van der Waals surface area contributed by atoms with Gasteiger partial charge < -0.3 is 9.47 Å². The van der Waals surface area contributed by atoms with Crippen molar-refractivity contribution >= 4 is 10.8 Å². The maximum Gasteiger partial charge on any atom is 0.118 e. The van der Waals surface area contributed by atoms with E-state index in [2.05, 4.69) is 119 Å². The van der Waals surface area contributed by atoms with Crippen LogP contribution in [0.5, 0.6) is 11.5 Å². The maximum atomic E-state index is 5.41. The van der Waals surface area contributed by atoms with Crippen molar-refractivity contribution in [3.63, 3.8) is 0 Å². The highest BCUT2D eigenvalue weighted by atomic mass is 16.5. The molecule has 4 aromatic carbocycles. The zero-order valence-corrected chi connectivity index (χ0v) is 26.0. The number of fused-ring (bicyclic) bond motifs is 4. The molecule has 3 saturated heterocycles. The molecule has 6 heteroatoms. The van der Waals surface area contributed by atoms with Gasteiger partial charge in [0.1, 0.15) is 11.5 Å². The number of hydrogen-bond acceptors (Lipinski definition) is 5. The molecule has 4 atom stereocenters. The Morgan fingerprint density at radius 3 is 2.07 bits per heavy atom. The van der Waals surface area contributed by atoms with E-state index in [9.17, 15) is 0 Å². The van der Waals surface area contributed by atoms with Gasteiger partial charge in [-0.25, -0.2) is 0 Å². The normalized spacial score (nSPS) is 21.2. The molecule has 0 saturated carbocycles. The lowest BCUT2D eigenvalue weighted by molar-refractivity contribution is 0.00762. The molecule has 226 valence electrons. The van der Waals surface area contributed by atoms with E-state index in [1.807, 2.05) is 0 Å². The minimum absolute atomic E-state index is 0.517. The van der Waals surface area contributed by atoms with E-state index in [0.717, 1.165) is 43.4 Å². The number of nitrogens with zero attached hydrogens (tertiary/aromatic N) is 4. The first-order chi connectivity index (χ1) is 21.6. The molecule has 8 rings (SSSR count). The lowest BCUT2D eigenvalue weighted by Crippen LogP contribution is -2.56. The minimum Gasteiger partial charge on any atom is -0.497 e. The number of methoxy groups -OCH3 is 2. The summed E-state index contributed by atoms with van der Waals surface area (Å²) >= 11 is 0. The Morgan fingerprint density at radius 2 is 1.45 bits per heavy atom. The zero-order valence-electron chi connectivity index (χ0n) is 26.0. The molecule has 2 bridgehead atoms. The summed E-state index contributed by atoms with van der Waals surface area (Å²) in [5.74, 6) is 2.99. The summed E-state index contributed by atoms with van der Waals surface area (Å²) in [6.45, 7) is 5.15. The molecule has 0 aliphatic carbocycles. The third-order valence-electron chi connectivity index (χ3n) is 9.82. The van der Waals surface area contributed by atoms with Gasteiger partial charge in [-0.15, -0.1) is 0 Å². The Morgan fingerprint density at radius 1 is 0.795 bits per heavy atom. The van der Waals surface area contributed by atoms with Crippen LogP contribution >= 0.6 is 0 Å². The average Bonchev–Trinajstić information content (AvgIpc) is 3.46. The molecule has 0 radical (unpaired) electrons. The van der Waals surface area contributed by atoms with Gasteiger partial charge in [0, 0.05) is 56.4 Å². The largest absolute Gasteiger partial charge is 0.497 e. The fourth-order valence-electron chi connectivity index (χ4n) is 7.44. The van der Waals surface area contributed by atoms with Crippen molar-refractivity contribution < 1.29 is 9.47 Å². The number of aromatic nitrogens is 2. The molecule has 0 spiro atoms. The number of piperidine rings is 3. The summed E-state index contributed by atoms with van der Waals surface area (Å²) < 4.78 is 13.0. The summed E-state index contributed by atoms with van der Waals surface area (Å²) in [5, 5.41) is 7.53. The highest BCUT2D eigenvalue weighted by molar-refractivity contribution is 5.86. The maximum absolute atomic E-state index is 5.41. The van der Waals surface area contributed by atoms with Crippen LogP contribution in [0.1, 0.15) is 35.6 Å². The van der Waals surface area contributed by atoms with E-state index in [4.69, 9.17) is 14.6 Å². The second-order valence-corrected chi connectivity index (χ2v) is 12.5. The third kappa shape index (κ3) is 5.97. The molecule has 3 aliphatic heterocycles. The van der Waals surface area contributed by atoms with E-state index in [1.54, 1.807) is 14.2 Å². The Balaban J connectivity index is 1.08. The highest BCUT2D eigenvalue weighted by Gasteiger charge is 2.42. The lowest BCUT2D eigenvalue weighted by Gasteiger charge is -2.51. The van der Waals surface area contributed by atoms with Gasteiger partial charge in [-0.2, -0.15) is 5.10 Å². The molecule has 4 heterocycles. The number of benzene rings is 4. The van der Waals surface area contributed by atoms with Crippen molar-refractivity contribution in [2.75, 3.05) is 33.9 Å². The number of ether oxygens (including phenoxy) is 2. The Hall–Kier alpha value is -4.13. The minimum atomic E-state index is 0.517. The quantitative estimate of drug-likeness (QED) is 0.174. The predicted molar refractivity (Wildman–Crippen MR) is 177 cm³/mol. The second kappa shape index (κ2) is 12.5. The lowest BCUT2D eigenvalue weighted by atomic mass is 9.74. The standard InChI is InChI=1S/C38H42N4O2/c1-40-38(22-37(39-40)32-13-12-29-6-4-5-7-30(29)20-32)36-26-42-19-18-31(36)21-33(42)25-41(23-27-8-14-34(43-2)15-9-27)24-28-10-16-35(44-3)17-11-28/h4-17,20,22,31,33,36H,18-19,21,23-26H2,1-3H3/t31-,33+,36-/m0/s1. The monoisotopic (exact) mass is 586 g/mol. The molecular formula is C38H42N4O2. The van der Waals surface area contributed by atoms with Gasteiger partial charge in [-0.05, 0) is 83.6 Å². The van der Waals surface area contributed by atoms with Crippen LogP contribution in [0.25, 0.3) is 22.0 Å². The van der Waals surface area contributed by atoms with E-state index < -0.39 is 0 Å². The Bertz CT molecular complexity index is 1660. The van der Waals surface area contributed by atoms with Crippen LogP contribution in [0.2, 0.25) is 0 Å². The topological polar surface area (TPSA) is 42.8 Å². The van der Waals surface area contributed by atoms with Crippen LogP contribution < -0.4 is 9.47 Å². The first kappa shape index (κ1) is 28.6. The fourth-order valence-corrected chi connectivity index (χ4v) is 7.44. The highest BCUT2D eigenvalue weighted by Crippen LogP contribution is 2.43. The third-order valence-corrected chi connectivity index (χ3v) is 9.82. The van der Waals surface area contributed by atoms with Gasteiger partial charge in [0.2, 0.25) is 0 Å². The number of aryl methyl sites for hydroxylation is 1. The second-order valence-electron chi connectivity index (χ2n) is 12.5. The van der Waals surface area contributed by atoms with Crippen molar-refractivity contribution in [3.05, 3.63) is 114 Å². The van der Waals surface area contributed by atoms with Gasteiger partial charge in [-0.1, -0.05) is 60.7 Å². The summed E-state index contributed by atoms with van der Waals surface area (Å²) in [4.78, 5) is 5.37. The molecule has 3 fully saturated rings. The van der Waals surface area contributed by atoms with Crippen molar-refractivity contribution in [1.82, 2.24) is 19.6 Å². The molecule has 44 heavy (non-hydrogen) atoms. The zero-order chi connectivity index (χ0) is 30.0. The molecule has 1 unspecified atom stereocenters. The molecular weight excluding hydrogens is 544 g/mol. The van der Waals surface area contributed by atoms with E-state index in [1.165, 1.54) is 52.5 Å². The van der Waals surface area contributed by atoms with Crippen LogP contribution in [0.4, 0.5) is 0 Å². The molecule has 0 amide bonds. The van der Waals surface area contributed by atoms with Crippen LogP contribution in [0.3, 0.4) is 0 Å². The first-order valence-electron chi connectivity index (χ1n) is 15.8.